The van der Waals surface area contributed by atoms with Gasteiger partial charge in [0, 0.05) is 24.3 Å². The van der Waals surface area contributed by atoms with Crippen LogP contribution < -0.4 is 10.1 Å². The first-order valence-corrected chi connectivity index (χ1v) is 7.64. The SMILES string of the molecule is c1cc2c(c(OCCCN3CCCC3)c1)CCCN2. The maximum Gasteiger partial charge on any atom is 0.124 e. The number of likely N-dealkylation sites (tertiary alicyclic amines) is 1. The minimum atomic E-state index is 0.840. The van der Waals surface area contributed by atoms with Gasteiger partial charge in [-0.15, -0.1) is 0 Å². The van der Waals surface area contributed by atoms with Crippen molar-refractivity contribution in [1.82, 2.24) is 4.90 Å². The quantitative estimate of drug-likeness (QED) is 0.824. The number of benzene rings is 1. The summed E-state index contributed by atoms with van der Waals surface area (Å²) in [7, 11) is 0. The predicted molar refractivity (Wildman–Crippen MR) is 79.0 cm³/mol. The summed E-state index contributed by atoms with van der Waals surface area (Å²) in [6.45, 7) is 5.68. The van der Waals surface area contributed by atoms with Crippen LogP contribution in [0.25, 0.3) is 0 Å². The number of anilines is 1. The molecule has 104 valence electrons. The standard InChI is InChI=1S/C16H24N2O/c1-2-11-18(10-1)12-5-13-19-16-8-3-7-15-14(16)6-4-9-17-15/h3,7-8,17H,1-2,4-6,9-13H2. The fourth-order valence-electron chi connectivity index (χ4n) is 3.09. The highest BCUT2D eigenvalue weighted by Crippen LogP contribution is 2.30. The lowest BCUT2D eigenvalue weighted by Gasteiger charge is -2.21. The highest BCUT2D eigenvalue weighted by atomic mass is 16.5. The molecule has 1 saturated heterocycles. The first-order chi connectivity index (χ1) is 9.43. The fraction of sp³-hybridized carbons (Fsp3) is 0.625. The van der Waals surface area contributed by atoms with E-state index in [2.05, 4.69) is 28.4 Å². The van der Waals surface area contributed by atoms with Crippen LogP contribution in [-0.2, 0) is 6.42 Å². The Morgan fingerprint density at radius 1 is 1.16 bits per heavy atom. The van der Waals surface area contributed by atoms with Gasteiger partial charge in [-0.2, -0.15) is 0 Å². The minimum absolute atomic E-state index is 0.840. The molecule has 0 aromatic heterocycles. The first-order valence-electron chi connectivity index (χ1n) is 7.64. The van der Waals surface area contributed by atoms with Crippen LogP contribution in [0.4, 0.5) is 5.69 Å². The molecule has 2 aliphatic rings. The molecule has 1 fully saturated rings. The van der Waals surface area contributed by atoms with E-state index in [1.807, 2.05) is 0 Å². The molecule has 1 aromatic rings. The van der Waals surface area contributed by atoms with Gasteiger partial charge in [0.15, 0.2) is 0 Å². The van der Waals surface area contributed by atoms with Gasteiger partial charge in [0.05, 0.1) is 6.61 Å². The maximum atomic E-state index is 6.00. The van der Waals surface area contributed by atoms with Gasteiger partial charge in [0.25, 0.3) is 0 Å². The summed E-state index contributed by atoms with van der Waals surface area (Å²) in [6.07, 6.45) is 6.24. The smallest absolute Gasteiger partial charge is 0.124 e. The molecule has 3 nitrogen and oxygen atoms in total. The van der Waals surface area contributed by atoms with E-state index >= 15 is 0 Å². The Kier molecular flexibility index (Phi) is 4.23. The van der Waals surface area contributed by atoms with Gasteiger partial charge in [-0.05, 0) is 57.3 Å². The van der Waals surface area contributed by atoms with Crippen molar-refractivity contribution in [3.8, 4) is 5.75 Å². The number of rotatable bonds is 5. The number of ether oxygens (including phenoxy) is 1. The van der Waals surface area contributed by atoms with Gasteiger partial charge in [0.1, 0.15) is 5.75 Å². The molecule has 2 heterocycles. The molecule has 1 aromatic carbocycles. The van der Waals surface area contributed by atoms with E-state index < -0.39 is 0 Å². The Bertz CT molecular complexity index is 413. The first kappa shape index (κ1) is 12.8. The zero-order chi connectivity index (χ0) is 12.9. The zero-order valence-corrected chi connectivity index (χ0v) is 11.7. The fourth-order valence-corrected chi connectivity index (χ4v) is 3.09. The van der Waals surface area contributed by atoms with Crippen molar-refractivity contribution in [2.24, 2.45) is 0 Å². The van der Waals surface area contributed by atoms with Crippen LogP contribution in [0.1, 0.15) is 31.2 Å². The highest BCUT2D eigenvalue weighted by molar-refractivity contribution is 5.59. The van der Waals surface area contributed by atoms with Crippen molar-refractivity contribution in [3.63, 3.8) is 0 Å². The summed E-state index contributed by atoms with van der Waals surface area (Å²) < 4.78 is 6.00. The summed E-state index contributed by atoms with van der Waals surface area (Å²) in [5, 5.41) is 3.45. The molecule has 3 heteroatoms. The molecule has 0 saturated carbocycles. The highest BCUT2D eigenvalue weighted by Gasteiger charge is 2.14. The molecule has 0 aliphatic carbocycles. The predicted octanol–water partition coefficient (Wildman–Crippen LogP) is 2.91. The summed E-state index contributed by atoms with van der Waals surface area (Å²) in [5.74, 6) is 1.09. The van der Waals surface area contributed by atoms with Crippen molar-refractivity contribution >= 4 is 5.69 Å². The molecule has 3 rings (SSSR count). The van der Waals surface area contributed by atoms with Crippen LogP contribution in [0.2, 0.25) is 0 Å². The second-order valence-electron chi connectivity index (χ2n) is 5.56. The van der Waals surface area contributed by atoms with Crippen LogP contribution in [0.3, 0.4) is 0 Å². The number of fused-ring (bicyclic) bond motifs is 1. The number of hydrogen-bond acceptors (Lipinski definition) is 3. The van der Waals surface area contributed by atoms with Crippen LogP contribution in [0.5, 0.6) is 5.75 Å². The van der Waals surface area contributed by atoms with Crippen molar-refractivity contribution in [2.75, 3.05) is 38.1 Å². The number of nitrogens with one attached hydrogen (secondary N) is 1. The lowest BCUT2D eigenvalue weighted by Crippen LogP contribution is -2.22. The molecule has 0 amide bonds. The molecule has 0 radical (unpaired) electrons. The van der Waals surface area contributed by atoms with Gasteiger partial charge < -0.3 is 15.0 Å². The second-order valence-corrected chi connectivity index (χ2v) is 5.56. The number of hydrogen-bond donors (Lipinski definition) is 1. The molecule has 0 atom stereocenters. The summed E-state index contributed by atoms with van der Waals surface area (Å²) in [4.78, 5) is 2.55. The normalized spacial score (nSPS) is 18.9. The Morgan fingerprint density at radius 3 is 2.95 bits per heavy atom. The molecular weight excluding hydrogens is 236 g/mol. The van der Waals surface area contributed by atoms with Crippen molar-refractivity contribution in [3.05, 3.63) is 23.8 Å². The van der Waals surface area contributed by atoms with E-state index in [0.29, 0.717) is 0 Å². The molecule has 0 spiro atoms. The summed E-state index contributed by atoms with van der Waals surface area (Å²) in [5.41, 5.74) is 2.64. The van der Waals surface area contributed by atoms with E-state index in [1.54, 1.807) is 0 Å². The van der Waals surface area contributed by atoms with E-state index in [-0.39, 0.29) is 0 Å². The van der Waals surface area contributed by atoms with Crippen molar-refractivity contribution < 1.29 is 4.74 Å². The lowest BCUT2D eigenvalue weighted by atomic mass is 10.0. The third kappa shape index (κ3) is 3.21. The topological polar surface area (TPSA) is 24.5 Å². The molecule has 0 bridgehead atoms. The maximum absolute atomic E-state index is 6.00. The van der Waals surface area contributed by atoms with E-state index in [1.165, 1.54) is 50.1 Å². The Morgan fingerprint density at radius 2 is 2.05 bits per heavy atom. The van der Waals surface area contributed by atoms with Gasteiger partial charge in [0.2, 0.25) is 0 Å². The minimum Gasteiger partial charge on any atom is -0.493 e. The molecule has 2 aliphatic heterocycles. The van der Waals surface area contributed by atoms with Crippen LogP contribution in [-0.4, -0.2) is 37.7 Å². The lowest BCUT2D eigenvalue weighted by molar-refractivity contribution is 0.261. The van der Waals surface area contributed by atoms with Crippen LogP contribution in [0.15, 0.2) is 18.2 Å². The Balaban J connectivity index is 1.49. The van der Waals surface area contributed by atoms with Gasteiger partial charge in [-0.25, -0.2) is 0 Å². The average molecular weight is 260 g/mol. The third-order valence-electron chi connectivity index (χ3n) is 4.13. The molecular formula is C16H24N2O. The van der Waals surface area contributed by atoms with E-state index in [9.17, 15) is 0 Å². The van der Waals surface area contributed by atoms with Crippen LogP contribution in [0, 0.1) is 0 Å². The second kappa shape index (κ2) is 6.29. The van der Waals surface area contributed by atoms with Gasteiger partial charge >= 0.3 is 0 Å². The number of nitrogens with zero attached hydrogens (tertiary/aromatic N) is 1. The van der Waals surface area contributed by atoms with Crippen LogP contribution >= 0.6 is 0 Å². The van der Waals surface area contributed by atoms with Gasteiger partial charge in [-0.3, -0.25) is 0 Å². The van der Waals surface area contributed by atoms with Crippen molar-refractivity contribution in [1.29, 1.82) is 0 Å². The van der Waals surface area contributed by atoms with Crippen molar-refractivity contribution in [2.45, 2.75) is 32.1 Å². The molecule has 19 heavy (non-hydrogen) atoms. The molecule has 1 N–H and O–H groups in total. The summed E-state index contributed by atoms with van der Waals surface area (Å²) >= 11 is 0. The zero-order valence-electron chi connectivity index (χ0n) is 11.7. The monoisotopic (exact) mass is 260 g/mol. The average Bonchev–Trinajstić information content (AvgIpc) is 2.97. The van der Waals surface area contributed by atoms with E-state index in [0.717, 1.165) is 31.7 Å². The van der Waals surface area contributed by atoms with Gasteiger partial charge in [-0.1, -0.05) is 6.07 Å². The Hall–Kier alpha value is -1.22. The largest absolute Gasteiger partial charge is 0.493 e. The van der Waals surface area contributed by atoms with E-state index in [4.69, 9.17) is 4.74 Å². The summed E-state index contributed by atoms with van der Waals surface area (Å²) in [6, 6.07) is 6.36. The third-order valence-corrected chi connectivity index (χ3v) is 4.13. The Labute approximate surface area is 115 Å². The molecule has 0 unspecified atom stereocenters.